The van der Waals surface area contributed by atoms with E-state index in [1.54, 1.807) is 66.8 Å². The maximum Gasteiger partial charge on any atom is 0.197 e. The van der Waals surface area contributed by atoms with Crippen LogP contribution in [0.1, 0.15) is 47.9 Å². The van der Waals surface area contributed by atoms with E-state index in [-0.39, 0.29) is 34.3 Å². The first kappa shape index (κ1) is 20.5. The third-order valence-electron chi connectivity index (χ3n) is 5.85. The smallest absolute Gasteiger partial charge is 0.197 e. The van der Waals surface area contributed by atoms with E-state index in [4.69, 9.17) is 0 Å². The van der Waals surface area contributed by atoms with Gasteiger partial charge >= 0.3 is 0 Å². The molecule has 0 amide bonds. The second-order valence-electron chi connectivity index (χ2n) is 7.85. The van der Waals surface area contributed by atoms with E-state index < -0.39 is 0 Å². The van der Waals surface area contributed by atoms with Crippen LogP contribution < -0.4 is 0 Å². The van der Waals surface area contributed by atoms with Crippen LogP contribution in [0.2, 0.25) is 0 Å². The van der Waals surface area contributed by atoms with E-state index in [9.17, 15) is 19.2 Å². The van der Waals surface area contributed by atoms with Gasteiger partial charge in [0, 0.05) is 22.3 Å². The van der Waals surface area contributed by atoms with Gasteiger partial charge in [0.1, 0.15) is 0 Å². The predicted octanol–water partition coefficient (Wildman–Crippen LogP) is 5.65. The molecule has 0 aromatic heterocycles. The van der Waals surface area contributed by atoms with Crippen molar-refractivity contribution in [3.8, 4) is 0 Å². The number of rotatable bonds is 4. The minimum atomic E-state index is -0.264. The fourth-order valence-corrected chi connectivity index (χ4v) is 4.18. The molecule has 4 heteroatoms. The zero-order chi connectivity index (χ0) is 22.9. The van der Waals surface area contributed by atoms with Crippen molar-refractivity contribution in [3.63, 3.8) is 0 Å². The second-order valence-corrected chi connectivity index (χ2v) is 7.85. The predicted molar refractivity (Wildman–Crippen MR) is 127 cm³/mol. The summed E-state index contributed by atoms with van der Waals surface area (Å²) in [7, 11) is 0. The number of carbonyl (C=O) groups is 4. The van der Waals surface area contributed by atoms with Crippen molar-refractivity contribution >= 4 is 33.9 Å². The van der Waals surface area contributed by atoms with Crippen LogP contribution in [0.5, 0.6) is 0 Å². The normalized spacial score (nSPS) is 15.3. The van der Waals surface area contributed by atoms with Crippen molar-refractivity contribution < 1.29 is 19.2 Å². The van der Waals surface area contributed by atoms with E-state index in [2.05, 4.69) is 0 Å². The summed E-state index contributed by atoms with van der Waals surface area (Å²) in [5.41, 5.74) is 2.11. The van der Waals surface area contributed by atoms with Crippen LogP contribution in [-0.2, 0) is 0 Å². The number of allylic oxidation sites excluding steroid dienone is 8. The average molecular weight is 430 g/mol. The highest BCUT2D eigenvalue weighted by Gasteiger charge is 2.33. The number of benzene rings is 3. The quantitative estimate of drug-likeness (QED) is 0.305. The molecule has 0 aliphatic heterocycles. The molecule has 0 radical (unpaired) electrons. The fraction of sp³-hybridized carbons (Fsp3) is 0.0345. The van der Waals surface area contributed by atoms with Gasteiger partial charge in [0.2, 0.25) is 0 Å². The topological polar surface area (TPSA) is 68.3 Å². The van der Waals surface area contributed by atoms with Crippen LogP contribution in [0.4, 0.5) is 0 Å². The zero-order valence-corrected chi connectivity index (χ0v) is 17.6. The zero-order valence-electron chi connectivity index (χ0n) is 17.6. The summed E-state index contributed by atoms with van der Waals surface area (Å²) < 4.78 is 0. The maximum absolute atomic E-state index is 12.7. The lowest BCUT2D eigenvalue weighted by atomic mass is 10.0. The highest BCUT2D eigenvalue weighted by atomic mass is 16.2. The maximum atomic E-state index is 12.7. The molecular formula is C29H18O4. The highest BCUT2D eigenvalue weighted by molar-refractivity contribution is 6.40. The summed E-state index contributed by atoms with van der Waals surface area (Å²) >= 11 is 0. The van der Waals surface area contributed by atoms with Gasteiger partial charge in [0.05, 0.1) is 11.1 Å². The SMILES string of the molecule is O=C1C(=CC=C/C=C/CC=C2C(=O)c3cc4ccccc4cc3C2=O)C(=O)c2ccccc21. The lowest BCUT2D eigenvalue weighted by Gasteiger charge is -2.00. The fourth-order valence-electron chi connectivity index (χ4n) is 4.18. The molecular weight excluding hydrogens is 412 g/mol. The van der Waals surface area contributed by atoms with Crippen LogP contribution in [0, 0.1) is 0 Å². The van der Waals surface area contributed by atoms with Gasteiger partial charge in [0.25, 0.3) is 0 Å². The average Bonchev–Trinajstić information content (AvgIpc) is 3.22. The van der Waals surface area contributed by atoms with E-state index >= 15 is 0 Å². The molecule has 0 saturated heterocycles. The first-order chi connectivity index (χ1) is 16.1. The van der Waals surface area contributed by atoms with E-state index in [0.29, 0.717) is 28.7 Å². The molecule has 0 spiro atoms. The van der Waals surface area contributed by atoms with Crippen molar-refractivity contribution in [1.29, 1.82) is 0 Å². The van der Waals surface area contributed by atoms with Crippen molar-refractivity contribution in [2.75, 3.05) is 0 Å². The molecule has 3 aromatic carbocycles. The van der Waals surface area contributed by atoms with Crippen LogP contribution >= 0.6 is 0 Å². The van der Waals surface area contributed by atoms with E-state index in [1.165, 1.54) is 6.08 Å². The molecule has 2 aliphatic carbocycles. The van der Waals surface area contributed by atoms with Crippen LogP contribution in [0.3, 0.4) is 0 Å². The second kappa shape index (κ2) is 8.24. The molecule has 0 heterocycles. The largest absolute Gasteiger partial charge is 0.288 e. The van der Waals surface area contributed by atoms with Crippen LogP contribution in [0.25, 0.3) is 10.8 Å². The Morgan fingerprint density at radius 3 is 1.64 bits per heavy atom. The number of carbonyl (C=O) groups excluding carboxylic acids is 4. The molecule has 33 heavy (non-hydrogen) atoms. The summed E-state index contributed by atoms with van der Waals surface area (Å²) in [5, 5.41) is 1.86. The van der Waals surface area contributed by atoms with Crippen LogP contribution in [0.15, 0.2) is 108 Å². The number of ketones is 4. The molecule has 0 fully saturated rings. The summed E-state index contributed by atoms with van der Waals surface area (Å²) in [6, 6.07) is 18.0. The van der Waals surface area contributed by atoms with Gasteiger partial charge in [-0.15, -0.1) is 0 Å². The summed E-state index contributed by atoms with van der Waals surface area (Å²) in [4.78, 5) is 50.1. The highest BCUT2D eigenvalue weighted by Crippen LogP contribution is 2.31. The Balaban J connectivity index is 1.26. The van der Waals surface area contributed by atoms with Crippen molar-refractivity contribution in [2.45, 2.75) is 6.42 Å². The van der Waals surface area contributed by atoms with Gasteiger partial charge in [-0.2, -0.15) is 0 Å². The summed E-state index contributed by atoms with van der Waals surface area (Å²) in [6.07, 6.45) is 10.4. The third-order valence-corrected chi connectivity index (χ3v) is 5.85. The molecule has 0 unspecified atom stereocenters. The minimum absolute atomic E-state index is 0.148. The Kier molecular flexibility index (Phi) is 5.11. The standard InChI is InChI=1S/C29H18O4/c30-26-20-12-8-9-13-21(20)27(31)22(26)14-4-2-1-3-5-15-23-28(32)24-16-18-10-6-7-11-19(18)17-25(24)29(23)33/h1-4,6-17H,5H2/b3-1+,4-2?. The Morgan fingerprint density at radius 1 is 0.545 bits per heavy atom. The van der Waals surface area contributed by atoms with Gasteiger partial charge in [0.15, 0.2) is 23.1 Å². The van der Waals surface area contributed by atoms with Crippen molar-refractivity contribution in [1.82, 2.24) is 0 Å². The Hall–Kier alpha value is -4.44. The molecule has 0 bridgehead atoms. The van der Waals surface area contributed by atoms with E-state index in [0.717, 1.165) is 10.8 Å². The molecule has 0 saturated carbocycles. The van der Waals surface area contributed by atoms with Crippen molar-refractivity contribution in [3.05, 3.63) is 131 Å². The molecule has 3 aromatic rings. The Morgan fingerprint density at radius 2 is 1.06 bits per heavy atom. The van der Waals surface area contributed by atoms with Gasteiger partial charge in [-0.3, -0.25) is 19.2 Å². The number of hydrogen-bond acceptors (Lipinski definition) is 4. The number of fused-ring (bicyclic) bond motifs is 3. The van der Waals surface area contributed by atoms with Gasteiger partial charge in [-0.1, -0.05) is 78.9 Å². The number of hydrogen-bond donors (Lipinski definition) is 0. The monoisotopic (exact) mass is 430 g/mol. The summed E-state index contributed by atoms with van der Waals surface area (Å²) in [6.45, 7) is 0. The molecule has 158 valence electrons. The summed E-state index contributed by atoms with van der Waals surface area (Å²) in [5.74, 6) is -1.02. The molecule has 5 rings (SSSR count). The third kappa shape index (κ3) is 3.52. The minimum Gasteiger partial charge on any atom is -0.288 e. The van der Waals surface area contributed by atoms with Gasteiger partial charge in [-0.25, -0.2) is 0 Å². The molecule has 0 N–H and O–H groups in total. The Labute approximate surface area is 190 Å². The molecule has 4 nitrogen and oxygen atoms in total. The van der Waals surface area contributed by atoms with Gasteiger partial charge < -0.3 is 0 Å². The Bertz CT molecular complexity index is 1400. The molecule has 2 aliphatic rings. The first-order valence-electron chi connectivity index (χ1n) is 10.6. The number of Topliss-reactive ketones (excluding diaryl/α,β-unsaturated/α-hetero) is 4. The van der Waals surface area contributed by atoms with Crippen LogP contribution in [-0.4, -0.2) is 23.1 Å². The van der Waals surface area contributed by atoms with Gasteiger partial charge in [-0.05, 0) is 35.4 Å². The lowest BCUT2D eigenvalue weighted by molar-refractivity contribution is 0.0973. The first-order valence-corrected chi connectivity index (χ1v) is 10.6. The lowest BCUT2D eigenvalue weighted by Crippen LogP contribution is -2.00. The molecule has 0 atom stereocenters. The van der Waals surface area contributed by atoms with Crippen molar-refractivity contribution in [2.24, 2.45) is 0 Å². The van der Waals surface area contributed by atoms with E-state index in [1.807, 2.05) is 24.3 Å².